The topological polar surface area (TPSA) is 12.0 Å². The minimum atomic E-state index is 0.520. The summed E-state index contributed by atoms with van der Waals surface area (Å²) < 4.78 is 0.846. The summed E-state index contributed by atoms with van der Waals surface area (Å²) in [7, 11) is 0. The molecule has 1 aliphatic carbocycles. The first kappa shape index (κ1) is 16.5. The maximum Gasteiger partial charge on any atom is 0.0835 e. The Hall–Kier alpha value is 0.0800. The van der Waals surface area contributed by atoms with E-state index in [4.69, 9.17) is 23.2 Å². The van der Waals surface area contributed by atoms with Crippen molar-refractivity contribution in [3.63, 3.8) is 0 Å². The average Bonchev–Trinajstić information content (AvgIpc) is 2.66. The fraction of sp³-hybridized carbons (Fsp3) is 0.625. The van der Waals surface area contributed by atoms with Crippen LogP contribution >= 0.6 is 39.1 Å². The summed E-state index contributed by atoms with van der Waals surface area (Å²) in [5, 5.41) is 4.80. The van der Waals surface area contributed by atoms with Gasteiger partial charge in [0.15, 0.2) is 0 Å². The van der Waals surface area contributed by atoms with E-state index >= 15 is 0 Å². The number of rotatable bonds is 4. The molecule has 1 aromatic rings. The number of hydrogen-bond donors (Lipinski definition) is 1. The van der Waals surface area contributed by atoms with Gasteiger partial charge < -0.3 is 5.32 Å². The Morgan fingerprint density at radius 2 is 1.95 bits per heavy atom. The Labute approximate surface area is 140 Å². The quantitative estimate of drug-likeness (QED) is 0.442. The zero-order valence-electron chi connectivity index (χ0n) is 11.9. The Balaban J connectivity index is 1.98. The van der Waals surface area contributed by atoms with E-state index in [1.54, 1.807) is 0 Å². The Bertz CT molecular complexity index is 450. The molecular weight excluding hydrogens is 357 g/mol. The third-order valence-corrected chi connectivity index (χ3v) is 5.95. The van der Waals surface area contributed by atoms with Crippen molar-refractivity contribution in [2.75, 3.05) is 5.32 Å². The number of anilines is 1. The summed E-state index contributed by atoms with van der Waals surface area (Å²) >= 11 is 15.9. The van der Waals surface area contributed by atoms with E-state index in [-0.39, 0.29) is 0 Å². The first-order valence-electron chi connectivity index (χ1n) is 7.51. The lowest BCUT2D eigenvalue weighted by Gasteiger charge is -2.19. The fourth-order valence-corrected chi connectivity index (χ4v) is 3.91. The van der Waals surface area contributed by atoms with Gasteiger partial charge in [0.05, 0.1) is 15.7 Å². The summed E-state index contributed by atoms with van der Waals surface area (Å²) in [6.45, 7) is 2.28. The first-order valence-corrected chi connectivity index (χ1v) is 9.06. The molecule has 2 rings (SSSR count). The highest BCUT2D eigenvalue weighted by molar-refractivity contribution is 9.10. The van der Waals surface area contributed by atoms with Crippen molar-refractivity contribution < 1.29 is 0 Å². The predicted octanol–water partition coefficient (Wildman–Crippen LogP) is 6.92. The second-order valence-corrected chi connectivity index (χ2v) is 7.34. The highest BCUT2D eigenvalue weighted by Crippen LogP contribution is 2.37. The van der Waals surface area contributed by atoms with Crippen molar-refractivity contribution in [3.8, 4) is 0 Å². The van der Waals surface area contributed by atoms with Crippen LogP contribution in [-0.2, 0) is 0 Å². The number of halogens is 3. The summed E-state index contributed by atoms with van der Waals surface area (Å²) in [4.78, 5) is 0. The molecule has 1 aromatic carbocycles. The van der Waals surface area contributed by atoms with Gasteiger partial charge in [-0.2, -0.15) is 0 Å². The highest BCUT2D eigenvalue weighted by atomic mass is 79.9. The first-order chi connectivity index (χ1) is 9.61. The molecule has 0 heterocycles. The van der Waals surface area contributed by atoms with E-state index in [0.29, 0.717) is 16.1 Å². The van der Waals surface area contributed by atoms with Gasteiger partial charge in [-0.1, -0.05) is 55.8 Å². The highest BCUT2D eigenvalue weighted by Gasteiger charge is 2.19. The second kappa shape index (κ2) is 7.91. The lowest BCUT2D eigenvalue weighted by molar-refractivity contribution is 0.422. The molecule has 1 saturated carbocycles. The normalized spacial score (nSPS) is 23.4. The summed E-state index contributed by atoms with van der Waals surface area (Å²) in [5.74, 6) is 0.913. The summed E-state index contributed by atoms with van der Waals surface area (Å²) in [6.07, 6.45) is 9.14. The molecule has 4 heteroatoms. The van der Waals surface area contributed by atoms with Gasteiger partial charge >= 0.3 is 0 Å². The van der Waals surface area contributed by atoms with Gasteiger partial charge in [0.2, 0.25) is 0 Å². The standard InChI is InChI=1S/C16H22BrCl2N/c1-2-4-11-5-3-6-12(8-7-11)20-14-10-9-13(17)15(18)16(14)19/h9-12,20H,2-8H2,1H3. The fourth-order valence-electron chi connectivity index (χ4n) is 3.08. The monoisotopic (exact) mass is 377 g/mol. The van der Waals surface area contributed by atoms with Gasteiger partial charge in [0.1, 0.15) is 0 Å². The molecule has 1 fully saturated rings. The molecule has 0 spiro atoms. The van der Waals surface area contributed by atoms with Gasteiger partial charge in [-0.15, -0.1) is 0 Å². The lowest BCUT2D eigenvalue weighted by atomic mass is 9.95. The van der Waals surface area contributed by atoms with E-state index in [2.05, 4.69) is 28.2 Å². The molecule has 0 aromatic heterocycles. The van der Waals surface area contributed by atoms with E-state index in [1.807, 2.05) is 12.1 Å². The largest absolute Gasteiger partial charge is 0.381 e. The van der Waals surface area contributed by atoms with Crippen LogP contribution in [0, 0.1) is 5.92 Å². The molecule has 0 amide bonds. The smallest absolute Gasteiger partial charge is 0.0835 e. The molecule has 0 radical (unpaired) electrons. The van der Waals surface area contributed by atoms with Crippen molar-refractivity contribution in [3.05, 3.63) is 26.7 Å². The minimum Gasteiger partial charge on any atom is -0.381 e. The number of nitrogens with one attached hydrogen (secondary N) is 1. The minimum absolute atomic E-state index is 0.520. The van der Waals surface area contributed by atoms with Crippen molar-refractivity contribution in [2.45, 2.75) is 57.9 Å². The van der Waals surface area contributed by atoms with Crippen molar-refractivity contribution >= 4 is 44.8 Å². The van der Waals surface area contributed by atoms with Gasteiger partial charge in [-0.3, -0.25) is 0 Å². The van der Waals surface area contributed by atoms with Crippen molar-refractivity contribution in [1.29, 1.82) is 0 Å². The third-order valence-electron chi connectivity index (χ3n) is 4.18. The molecule has 1 nitrogen and oxygen atoms in total. The molecule has 0 aliphatic heterocycles. The molecule has 0 saturated heterocycles. The molecule has 20 heavy (non-hydrogen) atoms. The molecule has 1 aliphatic rings. The van der Waals surface area contributed by atoms with Crippen LogP contribution in [0.3, 0.4) is 0 Å². The summed E-state index contributed by atoms with van der Waals surface area (Å²) in [5.41, 5.74) is 0.957. The molecular formula is C16H22BrCl2N. The lowest BCUT2D eigenvalue weighted by Crippen LogP contribution is -2.18. The zero-order valence-corrected chi connectivity index (χ0v) is 15.0. The van der Waals surface area contributed by atoms with Crippen LogP contribution < -0.4 is 5.32 Å². The van der Waals surface area contributed by atoms with E-state index in [1.165, 1.54) is 44.9 Å². The van der Waals surface area contributed by atoms with Gasteiger partial charge in [-0.25, -0.2) is 0 Å². The Morgan fingerprint density at radius 1 is 1.15 bits per heavy atom. The van der Waals surface area contributed by atoms with Crippen LogP contribution in [-0.4, -0.2) is 6.04 Å². The van der Waals surface area contributed by atoms with Gasteiger partial charge in [0, 0.05) is 10.5 Å². The third kappa shape index (κ3) is 4.29. The SMILES string of the molecule is CCCC1CCCC(Nc2ccc(Br)c(Cl)c2Cl)CC1. The maximum absolute atomic E-state index is 6.31. The second-order valence-electron chi connectivity index (χ2n) is 5.73. The van der Waals surface area contributed by atoms with E-state index in [9.17, 15) is 0 Å². The van der Waals surface area contributed by atoms with Crippen LogP contribution in [0.15, 0.2) is 16.6 Å². The van der Waals surface area contributed by atoms with Crippen LogP contribution in [0.1, 0.15) is 51.9 Å². The van der Waals surface area contributed by atoms with Gasteiger partial charge in [0.25, 0.3) is 0 Å². The zero-order chi connectivity index (χ0) is 14.5. The van der Waals surface area contributed by atoms with Crippen LogP contribution in [0.25, 0.3) is 0 Å². The van der Waals surface area contributed by atoms with E-state index in [0.717, 1.165) is 16.1 Å². The summed E-state index contributed by atoms with van der Waals surface area (Å²) in [6, 6.07) is 4.48. The van der Waals surface area contributed by atoms with Crippen molar-refractivity contribution in [1.82, 2.24) is 0 Å². The maximum atomic E-state index is 6.31. The van der Waals surface area contributed by atoms with Crippen LogP contribution in [0.5, 0.6) is 0 Å². The Morgan fingerprint density at radius 3 is 2.70 bits per heavy atom. The van der Waals surface area contributed by atoms with Crippen LogP contribution in [0.4, 0.5) is 5.69 Å². The molecule has 1 N–H and O–H groups in total. The van der Waals surface area contributed by atoms with Gasteiger partial charge in [-0.05, 0) is 53.2 Å². The number of benzene rings is 1. The average molecular weight is 379 g/mol. The Kier molecular flexibility index (Phi) is 6.51. The molecule has 2 unspecified atom stereocenters. The predicted molar refractivity (Wildman–Crippen MR) is 93.1 cm³/mol. The van der Waals surface area contributed by atoms with E-state index < -0.39 is 0 Å². The van der Waals surface area contributed by atoms with Crippen molar-refractivity contribution in [2.24, 2.45) is 5.92 Å². The molecule has 112 valence electrons. The molecule has 0 bridgehead atoms. The van der Waals surface area contributed by atoms with Crippen LogP contribution in [0.2, 0.25) is 10.0 Å². The molecule has 2 atom stereocenters. The number of hydrogen-bond acceptors (Lipinski definition) is 1.